The van der Waals surface area contributed by atoms with Gasteiger partial charge >= 0.3 is 6.03 Å². The molecule has 2 aliphatic rings. The van der Waals surface area contributed by atoms with Crippen molar-refractivity contribution in [3.05, 3.63) is 29.3 Å². The number of amides is 4. The predicted molar refractivity (Wildman–Crippen MR) is 95.2 cm³/mol. The summed E-state index contributed by atoms with van der Waals surface area (Å²) >= 11 is 0. The first-order chi connectivity index (χ1) is 11.8. The van der Waals surface area contributed by atoms with Gasteiger partial charge in [0.25, 0.3) is 5.91 Å². The van der Waals surface area contributed by atoms with Crippen molar-refractivity contribution in [3.8, 4) is 0 Å². The topological polar surface area (TPSA) is 78.5 Å². The lowest BCUT2D eigenvalue weighted by Crippen LogP contribution is -2.49. The lowest BCUT2D eigenvalue weighted by molar-refractivity contribution is -0.135. The highest BCUT2D eigenvalue weighted by Crippen LogP contribution is 2.36. The molecule has 1 aromatic rings. The first-order valence-corrected chi connectivity index (χ1v) is 8.81. The molecule has 1 aliphatic heterocycles. The molecule has 0 radical (unpaired) electrons. The highest BCUT2D eigenvalue weighted by Gasteiger charge is 2.52. The molecule has 1 aromatic carbocycles. The summed E-state index contributed by atoms with van der Waals surface area (Å²) in [7, 11) is 0. The average molecular weight is 343 g/mol. The monoisotopic (exact) mass is 343 g/mol. The largest absolute Gasteiger partial charge is 0.325 e. The zero-order chi connectivity index (χ0) is 18.2. The van der Waals surface area contributed by atoms with Crippen LogP contribution in [-0.4, -0.2) is 34.8 Å². The SMILES string of the molecule is Cc1cc(C)cc(NC(=O)CN2C(=O)NC3(CCC(C)CC3)C2=O)c1. The number of anilines is 1. The maximum absolute atomic E-state index is 12.8. The fourth-order valence-corrected chi connectivity index (χ4v) is 3.80. The molecule has 2 N–H and O–H groups in total. The van der Waals surface area contributed by atoms with Crippen LogP contribution in [0, 0.1) is 19.8 Å². The van der Waals surface area contributed by atoms with Gasteiger partial charge in [-0.1, -0.05) is 13.0 Å². The Balaban J connectivity index is 1.67. The third-order valence-electron chi connectivity index (χ3n) is 5.18. The quantitative estimate of drug-likeness (QED) is 0.828. The molecule has 1 saturated heterocycles. The Morgan fingerprint density at radius 2 is 1.80 bits per heavy atom. The number of urea groups is 1. The van der Waals surface area contributed by atoms with E-state index < -0.39 is 11.6 Å². The lowest BCUT2D eigenvalue weighted by Gasteiger charge is -2.33. The molecule has 1 aliphatic carbocycles. The third-order valence-corrected chi connectivity index (χ3v) is 5.18. The Morgan fingerprint density at radius 3 is 2.40 bits per heavy atom. The molecule has 25 heavy (non-hydrogen) atoms. The van der Waals surface area contributed by atoms with Crippen LogP contribution in [-0.2, 0) is 9.59 Å². The second-order valence-corrected chi connectivity index (χ2v) is 7.51. The number of hydrogen-bond donors (Lipinski definition) is 2. The molecule has 2 fully saturated rings. The van der Waals surface area contributed by atoms with Crippen LogP contribution in [0.4, 0.5) is 10.5 Å². The molecule has 0 atom stereocenters. The van der Waals surface area contributed by atoms with E-state index in [1.54, 1.807) is 0 Å². The fourth-order valence-electron chi connectivity index (χ4n) is 3.80. The van der Waals surface area contributed by atoms with Crippen LogP contribution >= 0.6 is 0 Å². The molecule has 1 heterocycles. The van der Waals surface area contributed by atoms with Crippen LogP contribution in [0.3, 0.4) is 0 Å². The van der Waals surface area contributed by atoms with E-state index in [-0.39, 0.29) is 18.4 Å². The van der Waals surface area contributed by atoms with Crippen LogP contribution < -0.4 is 10.6 Å². The zero-order valence-corrected chi connectivity index (χ0v) is 15.0. The summed E-state index contributed by atoms with van der Waals surface area (Å²) in [6.45, 7) is 5.81. The zero-order valence-electron chi connectivity index (χ0n) is 15.0. The summed E-state index contributed by atoms with van der Waals surface area (Å²) in [5, 5.41) is 5.61. The summed E-state index contributed by atoms with van der Waals surface area (Å²) in [5.74, 6) is -0.0630. The number of hydrogen-bond acceptors (Lipinski definition) is 3. The number of nitrogens with one attached hydrogen (secondary N) is 2. The van der Waals surface area contributed by atoms with Gasteiger partial charge in [-0.3, -0.25) is 14.5 Å². The van der Waals surface area contributed by atoms with Crippen LogP contribution in [0.25, 0.3) is 0 Å². The second kappa shape index (κ2) is 6.50. The van der Waals surface area contributed by atoms with E-state index in [2.05, 4.69) is 17.6 Å². The van der Waals surface area contributed by atoms with Gasteiger partial charge in [-0.2, -0.15) is 0 Å². The summed E-state index contributed by atoms with van der Waals surface area (Å²) in [4.78, 5) is 38.4. The van der Waals surface area contributed by atoms with Gasteiger partial charge in [0.05, 0.1) is 0 Å². The van der Waals surface area contributed by atoms with Crippen molar-refractivity contribution in [3.63, 3.8) is 0 Å². The molecule has 6 nitrogen and oxygen atoms in total. The van der Waals surface area contributed by atoms with Gasteiger partial charge in [0.15, 0.2) is 0 Å². The minimum Gasteiger partial charge on any atom is -0.325 e. The molecule has 134 valence electrons. The molecule has 1 saturated carbocycles. The number of aryl methyl sites for hydroxylation is 2. The number of carbonyl (C=O) groups is 3. The number of nitrogens with zero attached hydrogens (tertiary/aromatic N) is 1. The Kier molecular flexibility index (Phi) is 4.54. The number of rotatable bonds is 3. The van der Waals surface area contributed by atoms with E-state index in [0.29, 0.717) is 24.4 Å². The number of imide groups is 1. The van der Waals surface area contributed by atoms with E-state index in [9.17, 15) is 14.4 Å². The Labute approximate surface area is 148 Å². The minimum absolute atomic E-state index is 0.255. The van der Waals surface area contributed by atoms with Crippen molar-refractivity contribution in [2.75, 3.05) is 11.9 Å². The predicted octanol–water partition coefficient (Wildman–Crippen LogP) is 2.74. The van der Waals surface area contributed by atoms with Crippen LogP contribution in [0.15, 0.2) is 18.2 Å². The summed E-state index contributed by atoms with van der Waals surface area (Å²) in [6.07, 6.45) is 3.12. The van der Waals surface area contributed by atoms with Crippen molar-refractivity contribution in [2.45, 2.75) is 52.0 Å². The number of benzene rings is 1. The van der Waals surface area contributed by atoms with Gasteiger partial charge < -0.3 is 10.6 Å². The second-order valence-electron chi connectivity index (χ2n) is 7.51. The van der Waals surface area contributed by atoms with Crippen molar-refractivity contribution in [1.82, 2.24) is 10.2 Å². The molecule has 1 spiro atoms. The first kappa shape index (κ1) is 17.5. The molecule has 0 bridgehead atoms. The van der Waals surface area contributed by atoms with Gasteiger partial charge in [0.1, 0.15) is 12.1 Å². The summed E-state index contributed by atoms with van der Waals surface area (Å²) in [6, 6.07) is 5.28. The smallest absolute Gasteiger partial charge is 0.325 e. The van der Waals surface area contributed by atoms with Crippen molar-refractivity contribution in [1.29, 1.82) is 0 Å². The standard InChI is InChI=1S/C19H25N3O3/c1-12-4-6-19(7-5-12)17(24)22(18(25)21-19)11-16(23)20-15-9-13(2)8-14(3)10-15/h8-10,12H,4-7,11H2,1-3H3,(H,20,23)(H,21,25). The first-order valence-electron chi connectivity index (χ1n) is 8.81. The molecule has 4 amide bonds. The Hall–Kier alpha value is -2.37. The maximum atomic E-state index is 12.8. The summed E-state index contributed by atoms with van der Waals surface area (Å²) < 4.78 is 0. The van der Waals surface area contributed by atoms with Crippen molar-refractivity contribution < 1.29 is 14.4 Å². The van der Waals surface area contributed by atoms with Crippen molar-refractivity contribution >= 4 is 23.5 Å². The lowest BCUT2D eigenvalue weighted by atomic mass is 9.77. The third kappa shape index (κ3) is 3.52. The van der Waals surface area contributed by atoms with Gasteiger partial charge in [-0.25, -0.2) is 4.79 Å². The summed E-state index contributed by atoms with van der Waals surface area (Å²) in [5.41, 5.74) is 1.96. The van der Waals surface area contributed by atoms with E-state index >= 15 is 0 Å². The van der Waals surface area contributed by atoms with E-state index in [0.717, 1.165) is 28.9 Å². The van der Waals surface area contributed by atoms with Gasteiger partial charge in [-0.05, 0) is 68.7 Å². The van der Waals surface area contributed by atoms with E-state index in [1.807, 2.05) is 32.0 Å². The minimum atomic E-state index is -0.802. The molecule has 0 aromatic heterocycles. The molecular weight excluding hydrogens is 318 g/mol. The normalized spacial score (nSPS) is 26.0. The van der Waals surface area contributed by atoms with Crippen molar-refractivity contribution in [2.24, 2.45) is 5.92 Å². The average Bonchev–Trinajstić information content (AvgIpc) is 2.74. The molecular formula is C19H25N3O3. The Morgan fingerprint density at radius 1 is 1.20 bits per heavy atom. The molecule has 3 rings (SSSR count). The Bertz CT molecular complexity index is 700. The fraction of sp³-hybridized carbons (Fsp3) is 0.526. The highest BCUT2D eigenvalue weighted by molar-refractivity contribution is 6.10. The molecule has 6 heteroatoms. The molecule has 0 unspecified atom stereocenters. The van der Waals surface area contributed by atoms with Gasteiger partial charge in [0, 0.05) is 5.69 Å². The van der Waals surface area contributed by atoms with E-state index in [4.69, 9.17) is 0 Å². The van der Waals surface area contributed by atoms with Gasteiger partial charge in [-0.15, -0.1) is 0 Å². The maximum Gasteiger partial charge on any atom is 0.325 e. The van der Waals surface area contributed by atoms with Crippen LogP contribution in [0.5, 0.6) is 0 Å². The van der Waals surface area contributed by atoms with Crippen LogP contribution in [0.2, 0.25) is 0 Å². The van der Waals surface area contributed by atoms with Gasteiger partial charge in [0.2, 0.25) is 5.91 Å². The van der Waals surface area contributed by atoms with Crippen LogP contribution in [0.1, 0.15) is 43.7 Å². The van der Waals surface area contributed by atoms with E-state index in [1.165, 1.54) is 0 Å². The highest BCUT2D eigenvalue weighted by atomic mass is 16.2. The number of carbonyl (C=O) groups excluding carboxylic acids is 3.